The molecular formula is C14H22N2O3S. The molecule has 0 unspecified atom stereocenters. The van der Waals surface area contributed by atoms with Crippen LogP contribution in [-0.2, 0) is 21.1 Å². The lowest BCUT2D eigenvalue weighted by atomic mass is 10.2. The minimum atomic E-state index is -2.99. The molecule has 0 spiro atoms. The van der Waals surface area contributed by atoms with E-state index in [2.05, 4.69) is 4.98 Å². The number of aromatic nitrogens is 1. The van der Waals surface area contributed by atoms with Crippen molar-refractivity contribution in [1.82, 2.24) is 9.88 Å². The van der Waals surface area contributed by atoms with E-state index in [1.807, 2.05) is 19.1 Å². The Hall–Kier alpha value is -1.43. The zero-order valence-corrected chi connectivity index (χ0v) is 12.9. The lowest BCUT2D eigenvalue weighted by Crippen LogP contribution is -2.32. The Bertz CT molecular complexity index is 514. The van der Waals surface area contributed by atoms with Crippen molar-refractivity contribution < 1.29 is 13.2 Å². The summed E-state index contributed by atoms with van der Waals surface area (Å²) in [4.78, 5) is 17.7. The van der Waals surface area contributed by atoms with E-state index in [1.165, 1.54) is 6.26 Å². The first-order valence-electron chi connectivity index (χ1n) is 6.77. The molecule has 0 atom stereocenters. The Kier molecular flexibility index (Phi) is 6.64. The maximum absolute atomic E-state index is 12.0. The molecule has 20 heavy (non-hydrogen) atoms. The molecule has 0 saturated heterocycles. The summed E-state index contributed by atoms with van der Waals surface area (Å²) in [6, 6.07) is 3.87. The highest BCUT2D eigenvalue weighted by Gasteiger charge is 2.12. The van der Waals surface area contributed by atoms with Crippen molar-refractivity contribution in [2.75, 3.05) is 25.1 Å². The van der Waals surface area contributed by atoms with Gasteiger partial charge in [0.05, 0.1) is 5.75 Å². The number of rotatable bonds is 8. The fraction of sp³-hybridized carbons (Fsp3) is 0.571. The molecule has 112 valence electrons. The number of nitrogens with zero attached hydrogens (tertiary/aromatic N) is 2. The van der Waals surface area contributed by atoms with E-state index in [4.69, 9.17) is 0 Å². The lowest BCUT2D eigenvalue weighted by Gasteiger charge is -2.20. The first kappa shape index (κ1) is 16.6. The minimum absolute atomic E-state index is 0.0187. The number of hydrogen-bond donors (Lipinski definition) is 0. The molecule has 0 aromatic carbocycles. The second-order valence-corrected chi connectivity index (χ2v) is 7.07. The summed E-state index contributed by atoms with van der Waals surface area (Å²) in [5.74, 6) is 0.0888. The maximum Gasteiger partial charge on any atom is 0.222 e. The number of hydrogen-bond acceptors (Lipinski definition) is 4. The maximum atomic E-state index is 12.0. The zero-order valence-electron chi connectivity index (χ0n) is 12.1. The first-order chi connectivity index (χ1) is 9.42. The minimum Gasteiger partial charge on any atom is -0.343 e. The van der Waals surface area contributed by atoms with E-state index >= 15 is 0 Å². The van der Waals surface area contributed by atoms with Gasteiger partial charge in [-0.3, -0.25) is 9.78 Å². The zero-order chi connectivity index (χ0) is 15.0. The summed E-state index contributed by atoms with van der Waals surface area (Å²) in [6.45, 7) is 3.22. The van der Waals surface area contributed by atoms with Crippen LogP contribution >= 0.6 is 0 Å². The van der Waals surface area contributed by atoms with Crippen LogP contribution in [0, 0.1) is 0 Å². The molecule has 1 rings (SSSR count). The predicted octanol–water partition coefficient (Wildman–Crippen LogP) is 1.30. The standard InChI is InChI=1S/C14H22N2O3S/c1-3-16(11-8-13-6-9-15-10-7-13)14(17)5-4-12-20(2,18)19/h6-7,9-10H,3-5,8,11-12H2,1-2H3. The number of amides is 1. The topological polar surface area (TPSA) is 67.3 Å². The molecule has 1 aromatic rings. The Morgan fingerprint density at radius 3 is 2.50 bits per heavy atom. The first-order valence-corrected chi connectivity index (χ1v) is 8.83. The van der Waals surface area contributed by atoms with Crippen LogP contribution in [0.25, 0.3) is 0 Å². The summed E-state index contributed by atoms with van der Waals surface area (Å²) < 4.78 is 22.1. The van der Waals surface area contributed by atoms with E-state index < -0.39 is 9.84 Å². The average Bonchev–Trinajstić information content (AvgIpc) is 2.39. The van der Waals surface area contributed by atoms with Crippen LogP contribution < -0.4 is 0 Å². The Morgan fingerprint density at radius 2 is 1.95 bits per heavy atom. The Balaban J connectivity index is 2.39. The van der Waals surface area contributed by atoms with E-state index in [9.17, 15) is 13.2 Å². The molecule has 6 heteroatoms. The van der Waals surface area contributed by atoms with Gasteiger partial charge in [0.15, 0.2) is 0 Å². The summed E-state index contributed by atoms with van der Waals surface area (Å²) in [7, 11) is -2.99. The predicted molar refractivity (Wildman–Crippen MR) is 79.1 cm³/mol. The highest BCUT2D eigenvalue weighted by molar-refractivity contribution is 7.90. The molecule has 1 amide bonds. The number of pyridine rings is 1. The quantitative estimate of drug-likeness (QED) is 0.725. The van der Waals surface area contributed by atoms with Gasteiger partial charge in [-0.1, -0.05) is 0 Å². The number of likely N-dealkylation sites (N-methyl/N-ethyl adjacent to an activating group) is 1. The van der Waals surface area contributed by atoms with Crippen LogP contribution in [0.3, 0.4) is 0 Å². The summed E-state index contributed by atoms with van der Waals surface area (Å²) in [5.41, 5.74) is 1.14. The van der Waals surface area contributed by atoms with Crippen LogP contribution in [0.15, 0.2) is 24.5 Å². The van der Waals surface area contributed by atoms with Crippen molar-refractivity contribution in [2.45, 2.75) is 26.2 Å². The van der Waals surface area contributed by atoms with Gasteiger partial charge in [0.25, 0.3) is 0 Å². The molecule has 0 aliphatic carbocycles. The number of carbonyl (C=O) groups is 1. The fourth-order valence-electron chi connectivity index (χ4n) is 1.92. The Morgan fingerprint density at radius 1 is 1.30 bits per heavy atom. The molecule has 1 aromatic heterocycles. The van der Waals surface area contributed by atoms with Crippen molar-refractivity contribution in [3.05, 3.63) is 30.1 Å². The number of sulfone groups is 1. The van der Waals surface area contributed by atoms with E-state index in [1.54, 1.807) is 17.3 Å². The highest BCUT2D eigenvalue weighted by Crippen LogP contribution is 2.04. The van der Waals surface area contributed by atoms with Crippen molar-refractivity contribution in [1.29, 1.82) is 0 Å². The highest BCUT2D eigenvalue weighted by atomic mass is 32.2. The van der Waals surface area contributed by atoms with E-state index in [-0.39, 0.29) is 18.1 Å². The molecular weight excluding hydrogens is 276 g/mol. The molecule has 0 radical (unpaired) electrons. The van der Waals surface area contributed by atoms with Crippen LogP contribution in [0.4, 0.5) is 0 Å². The molecule has 0 aliphatic heterocycles. The molecule has 0 saturated carbocycles. The fourth-order valence-corrected chi connectivity index (χ4v) is 2.59. The molecule has 5 nitrogen and oxygen atoms in total. The van der Waals surface area contributed by atoms with E-state index in [0.717, 1.165) is 12.0 Å². The van der Waals surface area contributed by atoms with Crippen molar-refractivity contribution in [3.63, 3.8) is 0 Å². The van der Waals surface area contributed by atoms with Gasteiger partial charge >= 0.3 is 0 Å². The lowest BCUT2D eigenvalue weighted by molar-refractivity contribution is -0.131. The summed E-state index contributed by atoms with van der Waals surface area (Å²) >= 11 is 0. The average molecular weight is 298 g/mol. The largest absolute Gasteiger partial charge is 0.343 e. The van der Waals surface area contributed by atoms with Gasteiger partial charge in [-0.15, -0.1) is 0 Å². The summed E-state index contributed by atoms with van der Waals surface area (Å²) in [6.07, 6.45) is 6.13. The molecule has 0 fully saturated rings. The van der Waals surface area contributed by atoms with Crippen molar-refractivity contribution >= 4 is 15.7 Å². The van der Waals surface area contributed by atoms with Crippen LogP contribution in [0.2, 0.25) is 0 Å². The Labute approximate surface area is 120 Å². The second kappa shape index (κ2) is 7.99. The third-order valence-corrected chi connectivity index (χ3v) is 4.09. The van der Waals surface area contributed by atoms with Crippen LogP contribution in [-0.4, -0.2) is 49.3 Å². The third-order valence-electron chi connectivity index (χ3n) is 3.06. The number of carbonyl (C=O) groups excluding carboxylic acids is 1. The third kappa shape index (κ3) is 6.65. The van der Waals surface area contributed by atoms with Gasteiger partial charge in [-0.05, 0) is 37.5 Å². The van der Waals surface area contributed by atoms with Crippen LogP contribution in [0.1, 0.15) is 25.3 Å². The second-order valence-electron chi connectivity index (χ2n) is 4.81. The summed E-state index contributed by atoms with van der Waals surface area (Å²) in [5, 5.41) is 0. The van der Waals surface area contributed by atoms with Crippen LogP contribution in [0.5, 0.6) is 0 Å². The van der Waals surface area contributed by atoms with Gasteiger partial charge < -0.3 is 4.90 Å². The molecule has 0 N–H and O–H groups in total. The molecule has 0 aliphatic rings. The van der Waals surface area contributed by atoms with Gasteiger partial charge in [0.1, 0.15) is 9.84 Å². The molecule has 1 heterocycles. The van der Waals surface area contributed by atoms with Gasteiger partial charge in [-0.2, -0.15) is 0 Å². The van der Waals surface area contributed by atoms with Crippen molar-refractivity contribution in [3.8, 4) is 0 Å². The van der Waals surface area contributed by atoms with Gasteiger partial charge in [-0.25, -0.2) is 8.42 Å². The smallest absolute Gasteiger partial charge is 0.222 e. The SMILES string of the molecule is CCN(CCc1ccncc1)C(=O)CCCS(C)(=O)=O. The van der Waals surface area contributed by atoms with Gasteiger partial charge in [0.2, 0.25) is 5.91 Å². The van der Waals surface area contributed by atoms with E-state index in [0.29, 0.717) is 19.5 Å². The van der Waals surface area contributed by atoms with Gasteiger partial charge in [0, 0.05) is 38.2 Å². The van der Waals surface area contributed by atoms with Crippen molar-refractivity contribution in [2.24, 2.45) is 0 Å². The monoisotopic (exact) mass is 298 g/mol. The molecule has 0 bridgehead atoms. The normalized spacial score (nSPS) is 11.3.